The maximum atomic E-state index is 9.73. The molecule has 0 radical (unpaired) electrons. The van der Waals surface area contributed by atoms with Gasteiger partial charge in [-0.05, 0) is 25.8 Å². The first-order valence-corrected chi connectivity index (χ1v) is 5.14. The summed E-state index contributed by atoms with van der Waals surface area (Å²) in [6.45, 7) is 5.72. The third-order valence-electron chi connectivity index (χ3n) is 2.77. The van der Waals surface area contributed by atoms with Crippen molar-refractivity contribution < 1.29 is 9.84 Å². The molecule has 0 aromatic heterocycles. The zero-order valence-corrected chi connectivity index (χ0v) is 8.75. The highest BCUT2D eigenvalue weighted by molar-refractivity contribution is 4.93. The van der Waals surface area contributed by atoms with Crippen LogP contribution in [0.25, 0.3) is 0 Å². The van der Waals surface area contributed by atoms with Gasteiger partial charge in [-0.1, -0.05) is 6.92 Å². The molecule has 1 rings (SSSR count). The second-order valence-corrected chi connectivity index (χ2v) is 3.99. The molecule has 0 aromatic rings. The summed E-state index contributed by atoms with van der Waals surface area (Å²) in [5.41, 5.74) is -0.374. The average molecular weight is 187 g/mol. The van der Waals surface area contributed by atoms with Crippen molar-refractivity contribution in [2.45, 2.75) is 31.8 Å². The summed E-state index contributed by atoms with van der Waals surface area (Å²) >= 11 is 0. The van der Waals surface area contributed by atoms with Crippen molar-refractivity contribution in [2.24, 2.45) is 0 Å². The zero-order chi connectivity index (χ0) is 9.73. The molecule has 1 N–H and O–H groups in total. The number of aliphatic hydroxyl groups is 1. The predicted molar refractivity (Wildman–Crippen MR) is 52.8 cm³/mol. The first-order chi connectivity index (χ1) is 6.20. The Labute approximate surface area is 80.7 Å². The number of β-amino-alcohol motifs (C(OH)–C–C–N with tert-alkyl or cyclic N) is 1. The Balaban J connectivity index is 1.96. The first-order valence-electron chi connectivity index (χ1n) is 5.14. The van der Waals surface area contributed by atoms with Crippen LogP contribution in [0.5, 0.6) is 0 Å². The summed E-state index contributed by atoms with van der Waals surface area (Å²) in [6, 6.07) is 0. The molecule has 0 saturated carbocycles. The fourth-order valence-corrected chi connectivity index (χ4v) is 1.75. The van der Waals surface area contributed by atoms with E-state index in [2.05, 4.69) is 4.90 Å². The van der Waals surface area contributed by atoms with Crippen molar-refractivity contribution >= 4 is 0 Å². The summed E-state index contributed by atoms with van der Waals surface area (Å²) in [6.07, 6.45) is 3.17. The SMILES string of the molecule is CCC1(O)CN(CCCCOC)C1. The molecule has 0 amide bonds. The maximum Gasteiger partial charge on any atom is 0.0897 e. The fraction of sp³-hybridized carbons (Fsp3) is 1.00. The molecule has 0 unspecified atom stereocenters. The summed E-state index contributed by atoms with van der Waals surface area (Å²) in [5.74, 6) is 0. The molecule has 1 aliphatic heterocycles. The molecular formula is C10H21NO2. The van der Waals surface area contributed by atoms with Crippen molar-refractivity contribution in [2.75, 3.05) is 33.4 Å². The van der Waals surface area contributed by atoms with Gasteiger partial charge in [0.05, 0.1) is 5.60 Å². The van der Waals surface area contributed by atoms with E-state index in [0.29, 0.717) is 0 Å². The van der Waals surface area contributed by atoms with Crippen molar-refractivity contribution in [3.8, 4) is 0 Å². The number of hydrogen-bond acceptors (Lipinski definition) is 3. The lowest BCUT2D eigenvalue weighted by atomic mass is 9.91. The first kappa shape index (κ1) is 11.0. The number of likely N-dealkylation sites (tertiary alicyclic amines) is 1. The van der Waals surface area contributed by atoms with E-state index < -0.39 is 0 Å². The highest BCUT2D eigenvalue weighted by Gasteiger charge is 2.38. The number of unbranched alkanes of at least 4 members (excludes halogenated alkanes) is 1. The third-order valence-corrected chi connectivity index (χ3v) is 2.77. The maximum absolute atomic E-state index is 9.73. The minimum atomic E-state index is -0.374. The van der Waals surface area contributed by atoms with E-state index in [1.54, 1.807) is 7.11 Å². The molecule has 3 nitrogen and oxygen atoms in total. The van der Waals surface area contributed by atoms with Gasteiger partial charge in [-0.3, -0.25) is 4.90 Å². The van der Waals surface area contributed by atoms with Crippen LogP contribution in [0.2, 0.25) is 0 Å². The molecule has 1 aliphatic rings. The highest BCUT2D eigenvalue weighted by atomic mass is 16.5. The van der Waals surface area contributed by atoms with Gasteiger partial charge >= 0.3 is 0 Å². The largest absolute Gasteiger partial charge is 0.387 e. The van der Waals surface area contributed by atoms with Crippen LogP contribution in [0, 0.1) is 0 Å². The van der Waals surface area contributed by atoms with Crippen LogP contribution < -0.4 is 0 Å². The number of hydrogen-bond donors (Lipinski definition) is 1. The van der Waals surface area contributed by atoms with Crippen LogP contribution >= 0.6 is 0 Å². The Morgan fingerprint density at radius 2 is 2.08 bits per heavy atom. The van der Waals surface area contributed by atoms with Gasteiger partial charge in [0.2, 0.25) is 0 Å². The van der Waals surface area contributed by atoms with Crippen LogP contribution in [-0.2, 0) is 4.74 Å². The highest BCUT2D eigenvalue weighted by Crippen LogP contribution is 2.23. The molecule has 3 heteroatoms. The lowest BCUT2D eigenvalue weighted by Gasteiger charge is -2.46. The Bertz CT molecular complexity index is 144. The molecule has 13 heavy (non-hydrogen) atoms. The van der Waals surface area contributed by atoms with Crippen molar-refractivity contribution in [1.29, 1.82) is 0 Å². The third kappa shape index (κ3) is 3.25. The van der Waals surface area contributed by atoms with Crippen LogP contribution in [0.4, 0.5) is 0 Å². The van der Waals surface area contributed by atoms with E-state index in [-0.39, 0.29) is 5.60 Å². The van der Waals surface area contributed by atoms with Crippen molar-refractivity contribution in [1.82, 2.24) is 4.90 Å². The van der Waals surface area contributed by atoms with Crippen LogP contribution in [0.1, 0.15) is 26.2 Å². The van der Waals surface area contributed by atoms with Crippen molar-refractivity contribution in [3.05, 3.63) is 0 Å². The normalized spacial score (nSPS) is 21.5. The molecule has 78 valence electrons. The van der Waals surface area contributed by atoms with Gasteiger partial charge in [0.15, 0.2) is 0 Å². The molecule has 0 bridgehead atoms. The topological polar surface area (TPSA) is 32.7 Å². The minimum absolute atomic E-state index is 0.374. The number of rotatable bonds is 6. The van der Waals surface area contributed by atoms with E-state index in [9.17, 15) is 5.11 Å². The molecule has 0 aliphatic carbocycles. The second-order valence-electron chi connectivity index (χ2n) is 3.99. The smallest absolute Gasteiger partial charge is 0.0897 e. The lowest BCUT2D eigenvalue weighted by molar-refractivity contribution is -0.0997. The Hall–Kier alpha value is -0.120. The monoisotopic (exact) mass is 187 g/mol. The van der Waals surface area contributed by atoms with Gasteiger partial charge in [-0.2, -0.15) is 0 Å². The number of nitrogens with zero attached hydrogens (tertiary/aromatic N) is 1. The predicted octanol–water partition coefficient (Wildman–Crippen LogP) is 0.870. The molecule has 1 heterocycles. The van der Waals surface area contributed by atoms with Gasteiger partial charge in [0.1, 0.15) is 0 Å². The minimum Gasteiger partial charge on any atom is -0.387 e. The van der Waals surface area contributed by atoms with E-state index in [4.69, 9.17) is 4.74 Å². The molecule has 0 aromatic carbocycles. The molecule has 1 saturated heterocycles. The van der Waals surface area contributed by atoms with Gasteiger partial charge in [-0.25, -0.2) is 0 Å². The number of ether oxygens (including phenoxy) is 1. The summed E-state index contributed by atoms with van der Waals surface area (Å²) in [4.78, 5) is 2.30. The van der Waals surface area contributed by atoms with Gasteiger partial charge < -0.3 is 9.84 Å². The van der Waals surface area contributed by atoms with Gasteiger partial charge in [-0.15, -0.1) is 0 Å². The standard InChI is InChI=1S/C10H21NO2/c1-3-10(12)8-11(9-10)6-4-5-7-13-2/h12H,3-9H2,1-2H3. The fourth-order valence-electron chi connectivity index (χ4n) is 1.75. The van der Waals surface area contributed by atoms with E-state index in [0.717, 1.165) is 39.1 Å². The summed E-state index contributed by atoms with van der Waals surface area (Å²) in [5, 5.41) is 9.73. The number of methoxy groups -OCH3 is 1. The van der Waals surface area contributed by atoms with Gasteiger partial charge in [0, 0.05) is 26.8 Å². The van der Waals surface area contributed by atoms with E-state index in [1.807, 2.05) is 6.92 Å². The van der Waals surface area contributed by atoms with E-state index in [1.165, 1.54) is 6.42 Å². The van der Waals surface area contributed by atoms with Crippen LogP contribution in [0.3, 0.4) is 0 Å². The second kappa shape index (κ2) is 4.94. The molecular weight excluding hydrogens is 166 g/mol. The Kier molecular flexibility index (Phi) is 4.16. The van der Waals surface area contributed by atoms with E-state index >= 15 is 0 Å². The average Bonchev–Trinajstić information content (AvgIpc) is 2.08. The quantitative estimate of drug-likeness (QED) is 0.626. The lowest BCUT2D eigenvalue weighted by Crippen LogP contribution is -2.61. The summed E-state index contributed by atoms with van der Waals surface area (Å²) < 4.78 is 4.97. The Morgan fingerprint density at radius 3 is 2.62 bits per heavy atom. The Morgan fingerprint density at radius 1 is 1.38 bits per heavy atom. The summed E-state index contributed by atoms with van der Waals surface area (Å²) in [7, 11) is 1.74. The van der Waals surface area contributed by atoms with Crippen LogP contribution in [0.15, 0.2) is 0 Å². The molecule has 1 fully saturated rings. The molecule has 0 atom stereocenters. The zero-order valence-electron chi connectivity index (χ0n) is 8.75. The van der Waals surface area contributed by atoms with Gasteiger partial charge in [0.25, 0.3) is 0 Å². The van der Waals surface area contributed by atoms with Crippen LogP contribution in [-0.4, -0.2) is 49.0 Å². The van der Waals surface area contributed by atoms with Crippen molar-refractivity contribution in [3.63, 3.8) is 0 Å². The molecule has 0 spiro atoms.